The summed E-state index contributed by atoms with van der Waals surface area (Å²) in [6.45, 7) is 0. The van der Waals surface area contributed by atoms with Gasteiger partial charge in [-0.2, -0.15) is 0 Å². The van der Waals surface area contributed by atoms with Crippen LogP contribution in [0.5, 0.6) is 0 Å². The molecule has 0 aromatic heterocycles. The molecular formula is C6H8O2Sn. The van der Waals surface area contributed by atoms with Gasteiger partial charge in [-0.3, -0.25) is 0 Å². The fourth-order valence-electron chi connectivity index (χ4n) is 0.625. The van der Waals surface area contributed by atoms with Gasteiger partial charge < -0.3 is 0 Å². The van der Waals surface area contributed by atoms with Crippen molar-refractivity contribution in [2.75, 3.05) is 0 Å². The van der Waals surface area contributed by atoms with E-state index in [-0.39, 0.29) is 0 Å². The van der Waals surface area contributed by atoms with E-state index in [1.807, 2.05) is 18.2 Å². The van der Waals surface area contributed by atoms with Gasteiger partial charge in [0.15, 0.2) is 0 Å². The van der Waals surface area contributed by atoms with E-state index in [4.69, 9.17) is 6.89 Å². The zero-order valence-corrected chi connectivity index (χ0v) is 8.15. The molecule has 0 unspecified atom stereocenters. The van der Waals surface area contributed by atoms with E-state index in [1.165, 1.54) is 0 Å². The molecule has 0 aliphatic rings. The molecule has 0 fully saturated rings. The van der Waals surface area contributed by atoms with Gasteiger partial charge in [0.25, 0.3) is 0 Å². The molecule has 0 saturated heterocycles. The first-order valence-corrected chi connectivity index (χ1v) is 7.31. The summed E-state index contributed by atoms with van der Waals surface area (Å²) in [5.74, 6) is 0. The van der Waals surface area contributed by atoms with Crippen LogP contribution < -0.4 is 3.58 Å². The van der Waals surface area contributed by atoms with E-state index in [9.17, 15) is 0 Å². The second-order valence-electron chi connectivity index (χ2n) is 1.78. The Kier molecular flexibility index (Phi) is 2.50. The summed E-state index contributed by atoms with van der Waals surface area (Å²) in [5.41, 5.74) is 0. The van der Waals surface area contributed by atoms with Gasteiger partial charge in [0.1, 0.15) is 0 Å². The Hall–Kier alpha value is -0.0613. The molecule has 48 valence electrons. The van der Waals surface area contributed by atoms with Crippen LogP contribution in [-0.2, 0) is 0 Å². The SMILES string of the molecule is [OH][SnH]([OH])[c]1ccccc1. The first kappa shape index (κ1) is 7.05. The van der Waals surface area contributed by atoms with Crippen molar-refractivity contribution >= 4 is 24.2 Å². The van der Waals surface area contributed by atoms with Gasteiger partial charge >= 0.3 is 61.4 Å². The molecule has 1 rings (SSSR count). The average Bonchev–Trinajstić information content (AvgIpc) is 1.90. The van der Waals surface area contributed by atoms with Crippen molar-refractivity contribution in [3.05, 3.63) is 30.3 Å². The molecule has 9 heavy (non-hydrogen) atoms. The molecule has 0 aliphatic heterocycles. The maximum atomic E-state index is 8.79. The molecule has 1 aromatic rings. The van der Waals surface area contributed by atoms with Gasteiger partial charge in [0.2, 0.25) is 0 Å². The van der Waals surface area contributed by atoms with E-state index in [2.05, 4.69) is 0 Å². The molecule has 0 heterocycles. The van der Waals surface area contributed by atoms with Gasteiger partial charge in [0, 0.05) is 0 Å². The van der Waals surface area contributed by atoms with Gasteiger partial charge in [-0.05, 0) is 0 Å². The van der Waals surface area contributed by atoms with Gasteiger partial charge in [0.05, 0.1) is 0 Å². The fourth-order valence-corrected chi connectivity index (χ4v) is 2.24. The summed E-state index contributed by atoms with van der Waals surface area (Å²) >= 11 is -3.14. The standard InChI is InChI=1S/C6H5.2H2O.Sn.H/c1-2-4-6-5-3-1;;;;/h1-5H;2*1H2;;/q;;;+2;/p-2. The van der Waals surface area contributed by atoms with Gasteiger partial charge in [-0.25, -0.2) is 0 Å². The summed E-state index contributed by atoms with van der Waals surface area (Å²) in [5, 5.41) is 0. The van der Waals surface area contributed by atoms with E-state index in [0.717, 1.165) is 3.58 Å². The third kappa shape index (κ3) is 1.96. The van der Waals surface area contributed by atoms with Crippen molar-refractivity contribution < 1.29 is 6.89 Å². The fraction of sp³-hybridized carbons (Fsp3) is 0. The number of hydrogen-bond donors (Lipinski definition) is 2. The Labute approximate surface area is 61.6 Å². The predicted molar refractivity (Wildman–Crippen MR) is 37.7 cm³/mol. The van der Waals surface area contributed by atoms with Crippen molar-refractivity contribution in [2.24, 2.45) is 0 Å². The van der Waals surface area contributed by atoms with Crippen molar-refractivity contribution in [2.45, 2.75) is 0 Å². The van der Waals surface area contributed by atoms with Crippen LogP contribution in [0.2, 0.25) is 0 Å². The number of hydrogen-bond acceptors (Lipinski definition) is 2. The first-order chi connectivity index (χ1) is 4.30. The maximum absolute atomic E-state index is 8.79. The Bertz CT molecular complexity index is 174. The summed E-state index contributed by atoms with van der Waals surface area (Å²) < 4.78 is 18.3. The zero-order valence-electron chi connectivity index (χ0n) is 4.86. The zero-order chi connectivity index (χ0) is 6.69. The third-order valence-corrected chi connectivity index (χ3v) is 3.90. The predicted octanol–water partition coefficient (Wildman–Crippen LogP) is -0.901. The van der Waals surface area contributed by atoms with E-state index in [0.29, 0.717) is 0 Å². The molecule has 0 saturated carbocycles. The van der Waals surface area contributed by atoms with Crippen LogP contribution in [-0.4, -0.2) is 27.5 Å². The average molecular weight is 231 g/mol. The van der Waals surface area contributed by atoms with Crippen molar-refractivity contribution in [1.82, 2.24) is 0 Å². The quantitative estimate of drug-likeness (QED) is 0.614. The van der Waals surface area contributed by atoms with Crippen LogP contribution in [0.1, 0.15) is 0 Å². The summed E-state index contributed by atoms with van der Waals surface area (Å²) in [6.07, 6.45) is 0. The van der Waals surface area contributed by atoms with Crippen LogP contribution in [0.4, 0.5) is 0 Å². The molecule has 0 bridgehead atoms. The molecule has 0 radical (unpaired) electrons. The second-order valence-corrected chi connectivity index (χ2v) is 5.82. The summed E-state index contributed by atoms with van der Waals surface area (Å²) in [7, 11) is 0. The molecule has 2 N–H and O–H groups in total. The van der Waals surface area contributed by atoms with E-state index >= 15 is 0 Å². The van der Waals surface area contributed by atoms with Crippen LogP contribution in [0, 0.1) is 0 Å². The van der Waals surface area contributed by atoms with Crippen LogP contribution in [0.15, 0.2) is 30.3 Å². The topological polar surface area (TPSA) is 40.5 Å². The Morgan fingerprint density at radius 2 is 1.56 bits per heavy atom. The minimum atomic E-state index is -3.14. The summed E-state index contributed by atoms with van der Waals surface area (Å²) in [4.78, 5) is 0. The Balaban J connectivity index is 2.85. The Morgan fingerprint density at radius 3 is 1.89 bits per heavy atom. The van der Waals surface area contributed by atoms with E-state index < -0.39 is 20.6 Å². The molecule has 0 aliphatic carbocycles. The first-order valence-electron chi connectivity index (χ1n) is 2.72. The van der Waals surface area contributed by atoms with Gasteiger partial charge in [-0.1, -0.05) is 0 Å². The molecule has 2 nitrogen and oxygen atoms in total. The van der Waals surface area contributed by atoms with Crippen molar-refractivity contribution in [1.29, 1.82) is 0 Å². The van der Waals surface area contributed by atoms with Crippen LogP contribution in [0.3, 0.4) is 0 Å². The van der Waals surface area contributed by atoms with E-state index in [1.54, 1.807) is 12.1 Å². The second kappa shape index (κ2) is 3.19. The molecule has 3 heteroatoms. The summed E-state index contributed by atoms with van der Waals surface area (Å²) in [6, 6.07) is 8.98. The normalized spacial score (nSPS) is 10.1. The van der Waals surface area contributed by atoms with Crippen LogP contribution >= 0.6 is 0 Å². The monoisotopic (exact) mass is 232 g/mol. The minimum absolute atomic E-state index is 0.735. The Morgan fingerprint density at radius 1 is 1.00 bits per heavy atom. The van der Waals surface area contributed by atoms with Crippen LogP contribution in [0.25, 0.3) is 0 Å². The number of benzene rings is 1. The molecular weight excluding hydrogens is 223 g/mol. The van der Waals surface area contributed by atoms with Crippen molar-refractivity contribution in [3.8, 4) is 0 Å². The van der Waals surface area contributed by atoms with Gasteiger partial charge in [-0.15, -0.1) is 0 Å². The molecule has 0 spiro atoms. The molecule has 0 amide bonds. The number of rotatable bonds is 1. The third-order valence-electron chi connectivity index (χ3n) is 1.10. The molecule has 0 atom stereocenters. The molecule has 1 aromatic carbocycles. The van der Waals surface area contributed by atoms with Crippen molar-refractivity contribution in [3.63, 3.8) is 0 Å².